The molecule has 26 heavy (non-hydrogen) atoms. The van der Waals surface area contributed by atoms with Crippen LogP contribution in [0.5, 0.6) is 0 Å². The van der Waals surface area contributed by atoms with Gasteiger partial charge in [-0.2, -0.15) is 0 Å². The van der Waals surface area contributed by atoms with Crippen molar-refractivity contribution in [2.45, 2.75) is 13.1 Å². The highest BCUT2D eigenvalue weighted by atomic mass is 16.1. The van der Waals surface area contributed by atoms with Crippen LogP contribution in [0.2, 0.25) is 0 Å². The van der Waals surface area contributed by atoms with E-state index in [1.807, 2.05) is 59.2 Å². The van der Waals surface area contributed by atoms with E-state index in [1.54, 1.807) is 6.33 Å². The lowest BCUT2D eigenvalue weighted by molar-refractivity contribution is -0.121. The molecular formula is C22H19N3O. The Balaban J connectivity index is 1.42. The molecule has 4 heteroatoms. The number of amides is 1. The second kappa shape index (κ2) is 7.23. The Bertz CT molecular complexity index is 1040. The van der Waals surface area contributed by atoms with E-state index in [0.29, 0.717) is 6.54 Å². The average molecular weight is 341 g/mol. The Kier molecular flexibility index (Phi) is 4.48. The van der Waals surface area contributed by atoms with Crippen molar-refractivity contribution in [1.82, 2.24) is 14.9 Å². The van der Waals surface area contributed by atoms with E-state index in [1.165, 1.54) is 5.56 Å². The number of hydrogen-bond donors (Lipinski definition) is 1. The van der Waals surface area contributed by atoms with Crippen LogP contribution in [0.25, 0.3) is 22.2 Å². The number of aromatic nitrogens is 2. The molecule has 0 fully saturated rings. The summed E-state index contributed by atoms with van der Waals surface area (Å²) in [6.45, 7) is 0.769. The van der Waals surface area contributed by atoms with Crippen molar-refractivity contribution in [3.8, 4) is 11.1 Å². The highest BCUT2D eigenvalue weighted by molar-refractivity contribution is 5.80. The Labute approximate surface area is 152 Å². The normalized spacial score (nSPS) is 10.8. The molecular weight excluding hydrogens is 322 g/mol. The summed E-state index contributed by atoms with van der Waals surface area (Å²) in [6.07, 6.45) is 1.71. The number of nitrogens with zero attached hydrogens (tertiary/aromatic N) is 2. The molecule has 1 N–H and O–H groups in total. The lowest BCUT2D eigenvalue weighted by Crippen LogP contribution is -2.26. The molecule has 1 amide bonds. The van der Waals surface area contributed by atoms with Crippen molar-refractivity contribution in [1.29, 1.82) is 0 Å². The predicted molar refractivity (Wildman–Crippen MR) is 103 cm³/mol. The number of carbonyl (C=O) groups is 1. The van der Waals surface area contributed by atoms with E-state index >= 15 is 0 Å². The van der Waals surface area contributed by atoms with Gasteiger partial charge in [0, 0.05) is 6.54 Å². The van der Waals surface area contributed by atoms with Gasteiger partial charge in [-0.1, -0.05) is 60.7 Å². The molecule has 0 atom stereocenters. The molecule has 1 aromatic heterocycles. The van der Waals surface area contributed by atoms with Crippen LogP contribution in [0.4, 0.5) is 0 Å². The van der Waals surface area contributed by atoms with E-state index in [4.69, 9.17) is 0 Å². The number of imidazole rings is 1. The average Bonchev–Trinajstić information content (AvgIpc) is 3.10. The summed E-state index contributed by atoms with van der Waals surface area (Å²) in [4.78, 5) is 16.6. The third kappa shape index (κ3) is 3.49. The zero-order valence-electron chi connectivity index (χ0n) is 14.3. The lowest BCUT2D eigenvalue weighted by Gasteiger charge is -2.09. The quantitative estimate of drug-likeness (QED) is 0.596. The second-order valence-corrected chi connectivity index (χ2v) is 6.20. The SMILES string of the molecule is O=C(Cn1cnc2ccccc21)NCc1cccc(-c2ccccc2)c1. The van der Waals surface area contributed by atoms with Crippen LogP contribution >= 0.6 is 0 Å². The smallest absolute Gasteiger partial charge is 0.240 e. The van der Waals surface area contributed by atoms with Gasteiger partial charge in [0.25, 0.3) is 0 Å². The van der Waals surface area contributed by atoms with Gasteiger partial charge >= 0.3 is 0 Å². The van der Waals surface area contributed by atoms with Gasteiger partial charge in [-0.05, 0) is 34.9 Å². The van der Waals surface area contributed by atoms with Crippen LogP contribution in [0.1, 0.15) is 5.56 Å². The molecule has 0 spiro atoms. The fraction of sp³-hybridized carbons (Fsp3) is 0.0909. The van der Waals surface area contributed by atoms with Crippen molar-refractivity contribution < 1.29 is 4.79 Å². The molecule has 0 saturated carbocycles. The van der Waals surface area contributed by atoms with E-state index in [-0.39, 0.29) is 12.5 Å². The number of rotatable bonds is 5. The molecule has 3 aromatic carbocycles. The van der Waals surface area contributed by atoms with E-state index in [0.717, 1.165) is 22.2 Å². The highest BCUT2D eigenvalue weighted by Crippen LogP contribution is 2.20. The molecule has 0 radical (unpaired) electrons. The first kappa shape index (κ1) is 16.1. The largest absolute Gasteiger partial charge is 0.350 e. The Morgan fingerprint density at radius 2 is 1.65 bits per heavy atom. The molecule has 0 aliphatic heterocycles. The second-order valence-electron chi connectivity index (χ2n) is 6.20. The first-order chi connectivity index (χ1) is 12.8. The van der Waals surface area contributed by atoms with Crippen molar-refractivity contribution >= 4 is 16.9 Å². The van der Waals surface area contributed by atoms with Gasteiger partial charge < -0.3 is 9.88 Å². The summed E-state index contributed by atoms with van der Waals surface area (Å²) in [5, 5.41) is 2.99. The molecule has 0 aliphatic carbocycles. The van der Waals surface area contributed by atoms with E-state index in [9.17, 15) is 4.79 Å². The fourth-order valence-electron chi connectivity index (χ4n) is 3.04. The molecule has 4 nitrogen and oxygen atoms in total. The lowest BCUT2D eigenvalue weighted by atomic mass is 10.0. The van der Waals surface area contributed by atoms with Crippen molar-refractivity contribution in [2.75, 3.05) is 0 Å². The third-order valence-electron chi connectivity index (χ3n) is 4.37. The van der Waals surface area contributed by atoms with Crippen LogP contribution in [-0.2, 0) is 17.9 Å². The summed E-state index contributed by atoms with van der Waals surface area (Å²) in [6, 6.07) is 26.3. The Morgan fingerprint density at radius 1 is 0.885 bits per heavy atom. The topological polar surface area (TPSA) is 46.9 Å². The predicted octanol–water partition coefficient (Wildman–Crippen LogP) is 4.02. The molecule has 4 rings (SSSR count). The van der Waals surface area contributed by atoms with Gasteiger partial charge in [-0.25, -0.2) is 4.98 Å². The van der Waals surface area contributed by atoms with Gasteiger partial charge in [0.2, 0.25) is 5.91 Å². The molecule has 0 saturated heterocycles. The summed E-state index contributed by atoms with van der Waals surface area (Å²) in [5.74, 6) is -0.0294. The maximum atomic E-state index is 12.3. The van der Waals surface area contributed by atoms with Crippen molar-refractivity contribution in [3.05, 3.63) is 90.8 Å². The first-order valence-electron chi connectivity index (χ1n) is 8.60. The third-order valence-corrected chi connectivity index (χ3v) is 4.37. The van der Waals surface area contributed by atoms with E-state index in [2.05, 4.69) is 34.6 Å². The first-order valence-corrected chi connectivity index (χ1v) is 8.60. The minimum Gasteiger partial charge on any atom is -0.350 e. The molecule has 1 heterocycles. The molecule has 0 bridgehead atoms. The van der Waals surface area contributed by atoms with E-state index < -0.39 is 0 Å². The molecule has 0 unspecified atom stereocenters. The number of nitrogens with one attached hydrogen (secondary N) is 1. The highest BCUT2D eigenvalue weighted by Gasteiger charge is 2.07. The number of para-hydroxylation sites is 2. The minimum atomic E-state index is -0.0294. The zero-order valence-corrected chi connectivity index (χ0v) is 14.3. The van der Waals surface area contributed by atoms with Crippen LogP contribution in [0.15, 0.2) is 85.2 Å². The number of hydrogen-bond acceptors (Lipinski definition) is 2. The van der Waals surface area contributed by atoms with Gasteiger partial charge in [0.05, 0.1) is 17.4 Å². The van der Waals surface area contributed by atoms with Crippen molar-refractivity contribution in [3.63, 3.8) is 0 Å². The Morgan fingerprint density at radius 3 is 2.54 bits per heavy atom. The monoisotopic (exact) mass is 341 g/mol. The van der Waals surface area contributed by atoms with Gasteiger partial charge in [-0.3, -0.25) is 4.79 Å². The summed E-state index contributed by atoms with van der Waals surface area (Å²) in [5.41, 5.74) is 5.27. The summed E-state index contributed by atoms with van der Waals surface area (Å²) < 4.78 is 1.87. The summed E-state index contributed by atoms with van der Waals surface area (Å²) in [7, 11) is 0. The standard InChI is InChI=1S/C22H19N3O/c26-22(15-25-16-24-20-11-4-5-12-21(20)25)23-14-17-7-6-10-19(13-17)18-8-2-1-3-9-18/h1-13,16H,14-15H2,(H,23,26). The fourth-order valence-corrected chi connectivity index (χ4v) is 3.04. The van der Waals surface area contributed by atoms with Crippen LogP contribution in [0.3, 0.4) is 0 Å². The van der Waals surface area contributed by atoms with Crippen molar-refractivity contribution in [2.24, 2.45) is 0 Å². The molecule has 128 valence electrons. The van der Waals surface area contributed by atoms with Crippen LogP contribution in [0, 0.1) is 0 Å². The van der Waals surface area contributed by atoms with Gasteiger partial charge in [-0.15, -0.1) is 0 Å². The van der Waals surface area contributed by atoms with Gasteiger partial charge in [0.15, 0.2) is 0 Å². The maximum absolute atomic E-state index is 12.3. The van der Waals surface area contributed by atoms with Gasteiger partial charge in [0.1, 0.15) is 6.54 Å². The number of benzene rings is 3. The summed E-state index contributed by atoms with van der Waals surface area (Å²) >= 11 is 0. The Hall–Kier alpha value is -3.40. The number of fused-ring (bicyclic) bond motifs is 1. The minimum absolute atomic E-state index is 0.0294. The van der Waals surface area contributed by atoms with Crippen LogP contribution < -0.4 is 5.32 Å². The molecule has 4 aromatic rings. The maximum Gasteiger partial charge on any atom is 0.240 e. The zero-order chi connectivity index (χ0) is 17.8. The number of carbonyl (C=O) groups excluding carboxylic acids is 1. The van der Waals surface area contributed by atoms with Crippen LogP contribution in [-0.4, -0.2) is 15.5 Å². The molecule has 0 aliphatic rings.